The summed E-state index contributed by atoms with van der Waals surface area (Å²) in [6, 6.07) is 0.560. The molecule has 0 radical (unpaired) electrons. The van der Waals surface area contributed by atoms with Crippen molar-refractivity contribution in [1.82, 2.24) is 25.3 Å². The summed E-state index contributed by atoms with van der Waals surface area (Å²) in [5, 5.41) is 7.67. The van der Waals surface area contributed by atoms with Crippen molar-refractivity contribution in [2.75, 3.05) is 25.6 Å². The lowest BCUT2D eigenvalue weighted by Crippen LogP contribution is -2.35. The molecule has 0 fully saturated rings. The highest BCUT2D eigenvalue weighted by atomic mass is 32.2. The normalized spacial score (nSPS) is 12.7. The van der Waals surface area contributed by atoms with E-state index in [0.29, 0.717) is 12.6 Å². The fourth-order valence-corrected chi connectivity index (χ4v) is 2.65. The first-order chi connectivity index (χ1) is 9.12. The van der Waals surface area contributed by atoms with Gasteiger partial charge in [0.05, 0.1) is 12.7 Å². The monoisotopic (exact) mass is 286 g/mol. The maximum absolute atomic E-state index is 11.2. The van der Waals surface area contributed by atoms with Crippen LogP contribution in [0.4, 0.5) is 0 Å². The number of carbonyl (C=O) groups excluding carboxylic acids is 1. The molecule has 8 heteroatoms. The van der Waals surface area contributed by atoms with Crippen molar-refractivity contribution in [3.8, 4) is 0 Å². The Morgan fingerprint density at radius 2 is 2.42 bits per heavy atom. The van der Waals surface area contributed by atoms with Crippen LogP contribution in [0.2, 0.25) is 0 Å². The maximum Gasteiger partial charge on any atom is 0.287 e. The third kappa shape index (κ3) is 4.81. The van der Waals surface area contributed by atoms with Crippen molar-refractivity contribution in [3.63, 3.8) is 0 Å². The summed E-state index contributed by atoms with van der Waals surface area (Å²) in [4.78, 5) is 13.5. The average molecular weight is 286 g/mol. The molecule has 0 bridgehead atoms. The number of aromatic nitrogens is 3. The number of hydrogen-bond donors (Lipinski definition) is 2. The minimum Gasteiger partial charge on any atom is -0.301 e. The molecule has 1 atom stereocenters. The number of amides is 1. The predicted octanol–water partition coefficient (Wildman–Crippen LogP) is -0.0450. The smallest absolute Gasteiger partial charge is 0.287 e. The molecule has 1 aromatic rings. The molecule has 7 nitrogen and oxygen atoms in total. The quantitative estimate of drug-likeness (QED) is 0.396. The topological polar surface area (TPSA) is 89.1 Å². The van der Waals surface area contributed by atoms with Gasteiger partial charge in [-0.1, -0.05) is 12.1 Å². The molecule has 1 unspecified atom stereocenters. The number of nitrogens with two attached hydrogens (primary N) is 1. The summed E-state index contributed by atoms with van der Waals surface area (Å²) in [5.74, 6) is 5.73. The second-order valence-electron chi connectivity index (χ2n) is 4.34. The van der Waals surface area contributed by atoms with Crippen LogP contribution in [-0.4, -0.2) is 57.4 Å². The van der Waals surface area contributed by atoms with Crippen LogP contribution >= 0.6 is 11.8 Å². The van der Waals surface area contributed by atoms with Gasteiger partial charge >= 0.3 is 0 Å². The number of hydrazine groups is 1. The van der Waals surface area contributed by atoms with Gasteiger partial charge in [0.1, 0.15) is 0 Å². The van der Waals surface area contributed by atoms with Crippen molar-refractivity contribution in [1.29, 1.82) is 0 Å². The molecule has 0 spiro atoms. The van der Waals surface area contributed by atoms with Gasteiger partial charge in [-0.15, -0.1) is 5.10 Å². The Balaban J connectivity index is 2.47. The van der Waals surface area contributed by atoms with E-state index < -0.39 is 5.91 Å². The Bertz CT molecular complexity index is 396. The highest BCUT2D eigenvalue weighted by molar-refractivity contribution is 7.98. The lowest BCUT2D eigenvalue weighted by Gasteiger charge is -2.26. The van der Waals surface area contributed by atoms with Crippen LogP contribution in [0.25, 0.3) is 0 Å². The van der Waals surface area contributed by atoms with Crippen molar-refractivity contribution >= 4 is 17.7 Å². The summed E-state index contributed by atoms with van der Waals surface area (Å²) in [7, 11) is 2.11. The van der Waals surface area contributed by atoms with Crippen molar-refractivity contribution < 1.29 is 4.79 Å². The van der Waals surface area contributed by atoms with Crippen LogP contribution in [0.3, 0.4) is 0 Å². The van der Waals surface area contributed by atoms with E-state index in [0.717, 1.165) is 18.7 Å². The number of nitrogens with one attached hydrogen (secondary N) is 1. The zero-order valence-corrected chi connectivity index (χ0v) is 12.5. The molecule has 3 N–H and O–H groups in total. The molecule has 0 saturated heterocycles. The first-order valence-corrected chi connectivity index (χ1v) is 7.62. The first kappa shape index (κ1) is 15.9. The fraction of sp³-hybridized carbons (Fsp3) is 0.727. The van der Waals surface area contributed by atoms with E-state index >= 15 is 0 Å². The molecule has 0 aromatic carbocycles. The fourth-order valence-electron chi connectivity index (χ4n) is 1.78. The van der Waals surface area contributed by atoms with Gasteiger partial charge in [-0.3, -0.25) is 14.9 Å². The average Bonchev–Trinajstić information content (AvgIpc) is 2.90. The van der Waals surface area contributed by atoms with Crippen LogP contribution in [0.5, 0.6) is 0 Å². The Morgan fingerprint density at radius 3 is 3.00 bits per heavy atom. The second kappa shape index (κ2) is 8.13. The number of hydrogen-bond acceptors (Lipinski definition) is 6. The van der Waals surface area contributed by atoms with Crippen molar-refractivity contribution in [2.45, 2.75) is 25.9 Å². The van der Waals surface area contributed by atoms with Gasteiger partial charge in [-0.2, -0.15) is 11.8 Å². The van der Waals surface area contributed by atoms with Gasteiger partial charge in [-0.25, -0.2) is 5.84 Å². The molecular weight excluding hydrogens is 264 g/mol. The summed E-state index contributed by atoms with van der Waals surface area (Å²) in [5.41, 5.74) is 2.27. The molecule has 19 heavy (non-hydrogen) atoms. The lowest BCUT2D eigenvalue weighted by molar-refractivity contribution is 0.0948. The van der Waals surface area contributed by atoms with E-state index in [-0.39, 0.29) is 5.69 Å². The highest BCUT2D eigenvalue weighted by Gasteiger charge is 2.13. The van der Waals surface area contributed by atoms with Crippen LogP contribution in [0.15, 0.2) is 6.20 Å². The third-order valence-electron chi connectivity index (χ3n) is 3.04. The molecule has 0 aliphatic rings. The molecule has 1 aromatic heterocycles. The van der Waals surface area contributed by atoms with Gasteiger partial charge in [-0.05, 0) is 19.7 Å². The Morgan fingerprint density at radius 1 is 1.68 bits per heavy atom. The SMILES string of the molecule is CCC(CSC)N(C)CCn1cc(C(=O)NN)nn1. The van der Waals surface area contributed by atoms with Gasteiger partial charge in [0, 0.05) is 18.3 Å². The second-order valence-corrected chi connectivity index (χ2v) is 5.25. The maximum atomic E-state index is 11.2. The van der Waals surface area contributed by atoms with Crippen LogP contribution < -0.4 is 11.3 Å². The number of thioether (sulfide) groups is 1. The van der Waals surface area contributed by atoms with E-state index in [1.165, 1.54) is 0 Å². The highest BCUT2D eigenvalue weighted by Crippen LogP contribution is 2.08. The number of carbonyl (C=O) groups is 1. The lowest BCUT2D eigenvalue weighted by atomic mass is 10.2. The van der Waals surface area contributed by atoms with Gasteiger partial charge in [0.15, 0.2) is 5.69 Å². The summed E-state index contributed by atoms with van der Waals surface area (Å²) < 4.78 is 1.66. The molecule has 1 amide bonds. The van der Waals surface area contributed by atoms with Crippen molar-refractivity contribution in [2.24, 2.45) is 5.84 Å². The minimum absolute atomic E-state index is 0.237. The molecule has 0 aliphatic heterocycles. The standard InChI is InChI=1S/C11H22N6OS/c1-4-9(8-19-3)16(2)5-6-17-7-10(14-15-17)11(18)13-12/h7,9H,4-6,8,12H2,1-3H3,(H,13,18). The molecule has 0 saturated carbocycles. The van der Waals surface area contributed by atoms with E-state index in [9.17, 15) is 4.79 Å². The molecule has 108 valence electrons. The zero-order valence-electron chi connectivity index (χ0n) is 11.7. The molecular formula is C11H22N6OS. The van der Waals surface area contributed by atoms with E-state index in [1.54, 1.807) is 10.9 Å². The molecule has 1 rings (SSSR count). The number of nitrogen functional groups attached to an aromatic ring is 1. The summed E-state index contributed by atoms with van der Waals surface area (Å²) in [6.45, 7) is 3.76. The predicted molar refractivity (Wildman–Crippen MR) is 76.8 cm³/mol. The Kier molecular flexibility index (Phi) is 6.82. The number of rotatable bonds is 8. The van der Waals surface area contributed by atoms with Crippen molar-refractivity contribution in [3.05, 3.63) is 11.9 Å². The van der Waals surface area contributed by atoms with Crippen LogP contribution in [0, 0.1) is 0 Å². The van der Waals surface area contributed by atoms with Crippen LogP contribution in [-0.2, 0) is 6.54 Å². The van der Waals surface area contributed by atoms with Gasteiger partial charge in [0.2, 0.25) is 0 Å². The first-order valence-electron chi connectivity index (χ1n) is 6.22. The largest absolute Gasteiger partial charge is 0.301 e. The van der Waals surface area contributed by atoms with E-state index in [4.69, 9.17) is 5.84 Å². The summed E-state index contributed by atoms with van der Waals surface area (Å²) in [6.07, 6.45) is 4.84. The molecule has 0 aliphatic carbocycles. The van der Waals surface area contributed by atoms with E-state index in [1.807, 2.05) is 17.2 Å². The summed E-state index contributed by atoms with van der Waals surface area (Å²) >= 11 is 1.85. The number of likely N-dealkylation sites (N-methyl/N-ethyl adjacent to an activating group) is 1. The van der Waals surface area contributed by atoms with Gasteiger partial charge < -0.3 is 4.90 Å². The minimum atomic E-state index is -0.423. The Hall–Kier alpha value is -1.12. The van der Waals surface area contributed by atoms with Crippen LogP contribution in [0.1, 0.15) is 23.8 Å². The third-order valence-corrected chi connectivity index (χ3v) is 3.76. The Labute approximate surface area is 117 Å². The number of nitrogens with zero attached hydrogens (tertiary/aromatic N) is 4. The van der Waals surface area contributed by atoms with E-state index in [2.05, 4.69) is 35.4 Å². The molecule has 1 heterocycles. The van der Waals surface area contributed by atoms with Gasteiger partial charge in [0.25, 0.3) is 5.91 Å². The zero-order chi connectivity index (χ0) is 14.3.